The quantitative estimate of drug-likeness (QED) is 0.778. The molecular weight excluding hydrogens is 341 g/mol. The summed E-state index contributed by atoms with van der Waals surface area (Å²) in [7, 11) is 0. The Morgan fingerprint density at radius 1 is 1.08 bits per heavy atom. The molecular formula is C16H11F3N2O4. The van der Waals surface area contributed by atoms with Crippen LogP contribution in [-0.2, 0) is 19.3 Å². The fraction of sp³-hybridized carbons (Fsp3) is 0.188. The van der Waals surface area contributed by atoms with Gasteiger partial charge in [0.05, 0.1) is 24.4 Å². The number of benzene rings is 1. The first-order chi connectivity index (χ1) is 11.8. The first-order valence-corrected chi connectivity index (χ1v) is 7.10. The van der Waals surface area contributed by atoms with Crippen molar-refractivity contribution in [3.05, 3.63) is 74.2 Å². The Hall–Kier alpha value is -2.94. The second-order valence-electron chi connectivity index (χ2n) is 5.27. The number of aromatic nitrogens is 2. The van der Waals surface area contributed by atoms with Crippen LogP contribution in [0.15, 0.2) is 50.4 Å². The SMILES string of the molecule is O=c1oc(=O)n(Cc2ccc(C(F)(F)F)cc2)c2nc(CO)ccc12. The average molecular weight is 352 g/mol. The molecule has 0 atom stereocenters. The second-order valence-corrected chi connectivity index (χ2v) is 5.27. The third kappa shape index (κ3) is 3.31. The van der Waals surface area contributed by atoms with Crippen molar-refractivity contribution in [3.8, 4) is 0 Å². The van der Waals surface area contributed by atoms with E-state index >= 15 is 0 Å². The van der Waals surface area contributed by atoms with E-state index in [1.54, 1.807) is 0 Å². The van der Waals surface area contributed by atoms with Gasteiger partial charge >= 0.3 is 17.6 Å². The zero-order valence-electron chi connectivity index (χ0n) is 12.6. The lowest BCUT2D eigenvalue weighted by Gasteiger charge is -2.10. The highest BCUT2D eigenvalue weighted by Gasteiger charge is 2.29. The zero-order valence-corrected chi connectivity index (χ0v) is 12.6. The molecule has 130 valence electrons. The molecule has 0 spiro atoms. The van der Waals surface area contributed by atoms with E-state index in [4.69, 9.17) is 5.11 Å². The Morgan fingerprint density at radius 3 is 2.36 bits per heavy atom. The van der Waals surface area contributed by atoms with Gasteiger partial charge in [-0.2, -0.15) is 13.2 Å². The van der Waals surface area contributed by atoms with Crippen LogP contribution in [0.1, 0.15) is 16.8 Å². The molecule has 0 unspecified atom stereocenters. The summed E-state index contributed by atoms with van der Waals surface area (Å²) in [5, 5.41) is 9.20. The molecule has 0 aliphatic carbocycles. The molecule has 0 saturated carbocycles. The van der Waals surface area contributed by atoms with Crippen molar-refractivity contribution in [1.29, 1.82) is 0 Å². The monoisotopic (exact) mass is 352 g/mol. The number of hydrogen-bond donors (Lipinski definition) is 1. The number of hydrogen-bond acceptors (Lipinski definition) is 5. The van der Waals surface area contributed by atoms with E-state index in [9.17, 15) is 22.8 Å². The normalized spacial score (nSPS) is 11.8. The summed E-state index contributed by atoms with van der Waals surface area (Å²) in [6.07, 6.45) is -4.46. The molecule has 0 fully saturated rings. The minimum absolute atomic E-state index is 0.00676. The molecule has 0 radical (unpaired) electrons. The average Bonchev–Trinajstić information content (AvgIpc) is 2.57. The molecule has 25 heavy (non-hydrogen) atoms. The van der Waals surface area contributed by atoms with Gasteiger partial charge in [0.25, 0.3) is 0 Å². The minimum Gasteiger partial charge on any atom is -0.390 e. The van der Waals surface area contributed by atoms with E-state index in [0.29, 0.717) is 5.56 Å². The Kier molecular flexibility index (Phi) is 4.17. The van der Waals surface area contributed by atoms with Crippen LogP contribution in [0.25, 0.3) is 11.0 Å². The second kappa shape index (κ2) is 6.17. The molecule has 1 aromatic carbocycles. The number of rotatable bonds is 3. The van der Waals surface area contributed by atoms with Gasteiger partial charge in [-0.3, -0.25) is 4.57 Å². The van der Waals surface area contributed by atoms with Crippen LogP contribution in [0.2, 0.25) is 0 Å². The van der Waals surface area contributed by atoms with Crippen LogP contribution in [0.5, 0.6) is 0 Å². The summed E-state index contributed by atoms with van der Waals surface area (Å²) in [4.78, 5) is 27.8. The standard InChI is InChI=1S/C16H11F3N2O4/c17-16(18,19)10-3-1-9(2-4-10)7-21-13-12(14(23)25-15(21)24)6-5-11(8-22)20-13/h1-6,22H,7-8H2. The van der Waals surface area contributed by atoms with Gasteiger partial charge in [-0.1, -0.05) is 12.1 Å². The van der Waals surface area contributed by atoms with Crippen LogP contribution in [0.3, 0.4) is 0 Å². The predicted molar refractivity (Wildman–Crippen MR) is 81.0 cm³/mol. The number of alkyl halides is 3. The summed E-state index contributed by atoms with van der Waals surface area (Å²) in [5.41, 5.74) is -1.07. The molecule has 2 aromatic heterocycles. The van der Waals surface area contributed by atoms with Gasteiger partial charge in [0.15, 0.2) is 5.65 Å². The first-order valence-electron chi connectivity index (χ1n) is 7.10. The van der Waals surface area contributed by atoms with Crippen molar-refractivity contribution >= 4 is 11.0 Å². The van der Waals surface area contributed by atoms with Gasteiger partial charge in [0.1, 0.15) is 5.39 Å². The zero-order chi connectivity index (χ0) is 18.2. The maximum atomic E-state index is 12.6. The number of fused-ring (bicyclic) bond motifs is 1. The molecule has 6 nitrogen and oxygen atoms in total. The maximum Gasteiger partial charge on any atom is 0.423 e. The van der Waals surface area contributed by atoms with Crippen molar-refractivity contribution in [2.45, 2.75) is 19.3 Å². The number of pyridine rings is 1. The third-order valence-electron chi connectivity index (χ3n) is 3.59. The lowest BCUT2D eigenvalue weighted by Crippen LogP contribution is -2.26. The molecule has 2 heterocycles. The van der Waals surface area contributed by atoms with Crippen LogP contribution < -0.4 is 11.4 Å². The molecule has 0 aliphatic rings. The van der Waals surface area contributed by atoms with Crippen molar-refractivity contribution in [2.24, 2.45) is 0 Å². The Morgan fingerprint density at radius 2 is 1.76 bits per heavy atom. The molecule has 0 aliphatic heterocycles. The molecule has 3 rings (SSSR count). The van der Waals surface area contributed by atoms with Crippen molar-refractivity contribution < 1.29 is 22.7 Å². The fourth-order valence-corrected chi connectivity index (χ4v) is 2.34. The molecule has 3 aromatic rings. The summed E-state index contributed by atoms with van der Waals surface area (Å²) >= 11 is 0. The van der Waals surface area contributed by atoms with Gasteiger partial charge in [0, 0.05) is 0 Å². The topological polar surface area (TPSA) is 85.3 Å². The summed E-state index contributed by atoms with van der Waals surface area (Å²) in [6.45, 7) is -0.538. The van der Waals surface area contributed by atoms with Gasteiger partial charge < -0.3 is 9.52 Å². The van der Waals surface area contributed by atoms with Gasteiger partial charge in [-0.15, -0.1) is 0 Å². The van der Waals surface area contributed by atoms with E-state index < -0.39 is 29.7 Å². The van der Waals surface area contributed by atoms with Crippen molar-refractivity contribution in [2.75, 3.05) is 0 Å². The van der Waals surface area contributed by atoms with E-state index in [1.807, 2.05) is 0 Å². The Balaban J connectivity index is 2.09. The van der Waals surface area contributed by atoms with Gasteiger partial charge in [-0.25, -0.2) is 14.6 Å². The maximum absolute atomic E-state index is 12.6. The summed E-state index contributed by atoms with van der Waals surface area (Å²) in [5.74, 6) is -0.986. The van der Waals surface area contributed by atoms with Crippen LogP contribution >= 0.6 is 0 Å². The van der Waals surface area contributed by atoms with E-state index in [1.165, 1.54) is 24.3 Å². The number of aliphatic hydroxyl groups excluding tert-OH is 1. The highest BCUT2D eigenvalue weighted by Crippen LogP contribution is 2.29. The number of nitrogens with zero attached hydrogens (tertiary/aromatic N) is 2. The lowest BCUT2D eigenvalue weighted by molar-refractivity contribution is -0.137. The van der Waals surface area contributed by atoms with Gasteiger partial charge in [0.2, 0.25) is 0 Å². The van der Waals surface area contributed by atoms with Crippen molar-refractivity contribution in [3.63, 3.8) is 0 Å². The largest absolute Gasteiger partial charge is 0.423 e. The fourth-order valence-electron chi connectivity index (χ4n) is 2.34. The van der Waals surface area contributed by atoms with E-state index in [0.717, 1.165) is 16.7 Å². The highest BCUT2D eigenvalue weighted by atomic mass is 19.4. The Bertz CT molecular complexity index is 1040. The van der Waals surface area contributed by atoms with Gasteiger partial charge in [-0.05, 0) is 29.8 Å². The Labute approximate surface area is 137 Å². The lowest BCUT2D eigenvalue weighted by atomic mass is 10.1. The first kappa shape index (κ1) is 16.9. The van der Waals surface area contributed by atoms with E-state index in [-0.39, 0.29) is 23.3 Å². The predicted octanol–water partition coefficient (Wildman–Crippen LogP) is 1.91. The molecule has 1 N–H and O–H groups in total. The van der Waals surface area contributed by atoms with Crippen LogP contribution in [0.4, 0.5) is 13.2 Å². The van der Waals surface area contributed by atoms with Crippen LogP contribution in [0, 0.1) is 0 Å². The summed E-state index contributed by atoms with van der Waals surface area (Å²) < 4.78 is 43.5. The molecule has 0 saturated heterocycles. The minimum atomic E-state index is -4.46. The molecule has 0 amide bonds. The smallest absolute Gasteiger partial charge is 0.390 e. The third-order valence-corrected chi connectivity index (χ3v) is 3.59. The van der Waals surface area contributed by atoms with Crippen molar-refractivity contribution in [1.82, 2.24) is 9.55 Å². The van der Waals surface area contributed by atoms with Crippen LogP contribution in [-0.4, -0.2) is 14.7 Å². The summed E-state index contributed by atoms with van der Waals surface area (Å²) in [6, 6.07) is 7.02. The number of aliphatic hydroxyl groups is 1. The van der Waals surface area contributed by atoms with E-state index in [2.05, 4.69) is 9.40 Å². The molecule has 0 bridgehead atoms. The molecule has 9 heteroatoms. The number of halogens is 3. The highest BCUT2D eigenvalue weighted by molar-refractivity contribution is 5.73.